The molecule has 1 aliphatic rings. The third-order valence-electron chi connectivity index (χ3n) is 6.64. The van der Waals surface area contributed by atoms with Gasteiger partial charge in [0.15, 0.2) is 0 Å². The van der Waals surface area contributed by atoms with Gasteiger partial charge in [-0.15, -0.1) is 0 Å². The minimum absolute atomic E-state index is 0.109. The zero-order chi connectivity index (χ0) is 25.4. The topological polar surface area (TPSA) is 79.4 Å². The molecule has 0 spiro atoms. The summed E-state index contributed by atoms with van der Waals surface area (Å²) in [6.45, 7) is 6.26. The van der Waals surface area contributed by atoms with E-state index in [1.807, 2.05) is 62.6 Å². The number of carbonyl (C=O) groups is 2. The van der Waals surface area contributed by atoms with Crippen LogP contribution in [0, 0.1) is 0 Å². The first-order chi connectivity index (χ1) is 17.3. The SMILES string of the molecule is CC(C)OCc1cccc2c(C3=C(c4cn(CCCN(C)C)c5ccccc45)C(=O)NC3=O)c[nH]c12. The predicted octanol–water partition coefficient (Wildman–Crippen LogP) is 4.57. The highest BCUT2D eigenvalue weighted by molar-refractivity contribution is 6.50. The summed E-state index contributed by atoms with van der Waals surface area (Å²) in [5.74, 6) is -0.732. The highest BCUT2D eigenvalue weighted by Crippen LogP contribution is 2.38. The molecule has 2 N–H and O–H groups in total. The number of H-pyrrole nitrogens is 1. The maximum atomic E-state index is 13.2. The molecule has 0 aliphatic carbocycles. The highest BCUT2D eigenvalue weighted by atomic mass is 16.5. The average molecular weight is 485 g/mol. The summed E-state index contributed by atoms with van der Waals surface area (Å²) < 4.78 is 8.01. The van der Waals surface area contributed by atoms with Gasteiger partial charge in [-0.05, 0) is 47.0 Å². The van der Waals surface area contributed by atoms with Gasteiger partial charge in [0.25, 0.3) is 11.8 Å². The summed E-state index contributed by atoms with van der Waals surface area (Å²) >= 11 is 0. The first kappa shape index (κ1) is 24.0. The van der Waals surface area contributed by atoms with E-state index < -0.39 is 0 Å². The summed E-state index contributed by atoms with van der Waals surface area (Å²) in [5, 5.41) is 4.41. The smallest absolute Gasteiger partial charge is 0.259 e. The van der Waals surface area contributed by atoms with Crippen molar-refractivity contribution in [3.63, 3.8) is 0 Å². The van der Waals surface area contributed by atoms with Crippen LogP contribution in [0.15, 0.2) is 54.9 Å². The van der Waals surface area contributed by atoms with Crippen LogP contribution in [0.5, 0.6) is 0 Å². The van der Waals surface area contributed by atoms with Crippen molar-refractivity contribution in [2.24, 2.45) is 0 Å². The number of nitrogens with zero attached hydrogens (tertiary/aromatic N) is 2. The number of amides is 2. The normalized spacial score (nSPS) is 14.3. The standard InChI is InChI=1S/C29H32N4O3/c1-18(2)36-17-19-9-7-11-21-22(15-30-27(19)21)25-26(29(35)31-28(25)34)23-16-33(14-8-13-32(3)4)24-12-6-5-10-20(23)24/h5-7,9-12,15-16,18,30H,8,13-14,17H2,1-4H3,(H,31,34,35). The number of fused-ring (bicyclic) bond motifs is 2. The van der Waals surface area contributed by atoms with Gasteiger partial charge in [-0.25, -0.2) is 0 Å². The second-order valence-corrected chi connectivity index (χ2v) is 9.85. The third-order valence-corrected chi connectivity index (χ3v) is 6.64. The van der Waals surface area contributed by atoms with E-state index >= 15 is 0 Å². The highest BCUT2D eigenvalue weighted by Gasteiger charge is 2.35. The summed E-state index contributed by atoms with van der Waals surface area (Å²) in [5.41, 5.74) is 5.31. The zero-order valence-corrected chi connectivity index (χ0v) is 21.2. The Bertz CT molecular complexity index is 1490. The Balaban J connectivity index is 1.65. The quantitative estimate of drug-likeness (QED) is 0.341. The molecule has 186 valence electrons. The Morgan fingerprint density at radius 2 is 1.67 bits per heavy atom. The van der Waals surface area contributed by atoms with Crippen molar-refractivity contribution in [3.05, 3.63) is 71.5 Å². The molecule has 0 unspecified atom stereocenters. The van der Waals surface area contributed by atoms with Gasteiger partial charge in [-0.2, -0.15) is 0 Å². The van der Waals surface area contributed by atoms with Crippen LogP contribution >= 0.6 is 0 Å². The molecule has 0 saturated carbocycles. The van der Waals surface area contributed by atoms with E-state index in [4.69, 9.17) is 4.74 Å². The number of nitrogens with one attached hydrogen (secondary N) is 2. The Kier molecular flexibility index (Phi) is 6.51. The number of imide groups is 1. The lowest BCUT2D eigenvalue weighted by atomic mass is 9.95. The molecule has 0 atom stereocenters. The summed E-state index contributed by atoms with van der Waals surface area (Å²) in [4.78, 5) is 31.8. The summed E-state index contributed by atoms with van der Waals surface area (Å²) in [7, 11) is 4.12. The van der Waals surface area contributed by atoms with Crippen LogP contribution in [0.3, 0.4) is 0 Å². The van der Waals surface area contributed by atoms with Crippen LogP contribution in [0.2, 0.25) is 0 Å². The number of aromatic amines is 1. The fraction of sp³-hybridized carbons (Fsp3) is 0.310. The van der Waals surface area contributed by atoms with Crippen LogP contribution < -0.4 is 5.32 Å². The van der Waals surface area contributed by atoms with E-state index in [1.54, 1.807) is 0 Å². The average Bonchev–Trinajstić information content (AvgIpc) is 3.50. The Labute approximate surface area is 210 Å². The molecule has 0 bridgehead atoms. The largest absolute Gasteiger partial charge is 0.374 e. The second-order valence-electron chi connectivity index (χ2n) is 9.85. The van der Waals surface area contributed by atoms with Gasteiger partial charge in [0.05, 0.1) is 29.4 Å². The Morgan fingerprint density at radius 1 is 0.944 bits per heavy atom. The number of benzene rings is 2. The fourth-order valence-corrected chi connectivity index (χ4v) is 4.96. The molecule has 0 saturated heterocycles. The lowest BCUT2D eigenvalue weighted by Crippen LogP contribution is -2.22. The van der Waals surface area contributed by atoms with E-state index in [0.29, 0.717) is 17.8 Å². The number of hydrogen-bond donors (Lipinski definition) is 2. The maximum Gasteiger partial charge on any atom is 0.259 e. The maximum absolute atomic E-state index is 13.2. The number of aryl methyl sites for hydroxylation is 1. The first-order valence-corrected chi connectivity index (χ1v) is 12.4. The van der Waals surface area contributed by atoms with Crippen LogP contribution in [0.25, 0.3) is 33.0 Å². The molecule has 4 aromatic rings. The number of aromatic nitrogens is 2. The van der Waals surface area contributed by atoms with Crippen LogP contribution in [0.1, 0.15) is 37.0 Å². The van der Waals surface area contributed by atoms with Crippen molar-refractivity contribution in [2.75, 3.05) is 20.6 Å². The van der Waals surface area contributed by atoms with E-state index in [1.165, 1.54) is 0 Å². The number of ether oxygens (including phenoxy) is 1. The van der Waals surface area contributed by atoms with E-state index in [0.717, 1.165) is 58.0 Å². The van der Waals surface area contributed by atoms with Gasteiger partial charge in [-0.1, -0.05) is 36.4 Å². The van der Waals surface area contributed by atoms with Crippen molar-refractivity contribution in [1.82, 2.24) is 19.8 Å². The Hall–Kier alpha value is -3.68. The monoisotopic (exact) mass is 484 g/mol. The second kappa shape index (κ2) is 9.76. The van der Waals surface area contributed by atoms with Crippen molar-refractivity contribution >= 4 is 44.8 Å². The van der Waals surface area contributed by atoms with Gasteiger partial charge in [0.1, 0.15) is 0 Å². The molecular weight excluding hydrogens is 452 g/mol. The molecule has 5 rings (SSSR count). The van der Waals surface area contributed by atoms with Crippen molar-refractivity contribution in [3.8, 4) is 0 Å². The van der Waals surface area contributed by atoms with E-state index in [-0.39, 0.29) is 17.9 Å². The molecule has 7 nitrogen and oxygen atoms in total. The van der Waals surface area contributed by atoms with Crippen LogP contribution in [0.4, 0.5) is 0 Å². The molecule has 3 heterocycles. The summed E-state index contributed by atoms with van der Waals surface area (Å²) in [6, 6.07) is 14.0. The Morgan fingerprint density at radius 3 is 2.42 bits per heavy atom. The fourth-order valence-electron chi connectivity index (χ4n) is 4.96. The van der Waals surface area contributed by atoms with E-state index in [2.05, 4.69) is 39.9 Å². The number of rotatable bonds is 9. The minimum atomic E-state index is -0.371. The molecule has 7 heteroatoms. The number of para-hydroxylation sites is 2. The molecule has 1 aliphatic heterocycles. The van der Waals surface area contributed by atoms with Gasteiger partial charge in [0, 0.05) is 51.9 Å². The third kappa shape index (κ3) is 4.36. The number of hydrogen-bond acceptors (Lipinski definition) is 4. The molecule has 2 aromatic heterocycles. The minimum Gasteiger partial charge on any atom is -0.374 e. The van der Waals surface area contributed by atoms with Crippen molar-refractivity contribution < 1.29 is 14.3 Å². The van der Waals surface area contributed by atoms with Crippen LogP contribution in [-0.4, -0.2) is 53.0 Å². The van der Waals surface area contributed by atoms with E-state index in [9.17, 15) is 9.59 Å². The molecular formula is C29H32N4O3. The summed E-state index contributed by atoms with van der Waals surface area (Å²) in [6.07, 6.45) is 4.93. The first-order valence-electron chi connectivity index (χ1n) is 12.4. The zero-order valence-electron chi connectivity index (χ0n) is 21.2. The number of carbonyl (C=O) groups excluding carboxylic acids is 2. The van der Waals surface area contributed by atoms with Gasteiger partial charge in [-0.3, -0.25) is 14.9 Å². The van der Waals surface area contributed by atoms with Gasteiger partial charge in [0.2, 0.25) is 0 Å². The van der Waals surface area contributed by atoms with Crippen molar-refractivity contribution in [2.45, 2.75) is 39.5 Å². The predicted molar refractivity (Wildman–Crippen MR) is 143 cm³/mol. The molecule has 2 amide bonds. The lowest BCUT2D eigenvalue weighted by molar-refractivity contribution is -0.122. The van der Waals surface area contributed by atoms with Crippen LogP contribution in [-0.2, 0) is 27.5 Å². The lowest BCUT2D eigenvalue weighted by Gasteiger charge is -2.10. The molecule has 2 aromatic carbocycles. The molecule has 0 fully saturated rings. The van der Waals surface area contributed by atoms with Gasteiger partial charge < -0.3 is 19.2 Å². The molecule has 36 heavy (non-hydrogen) atoms. The van der Waals surface area contributed by atoms with Gasteiger partial charge >= 0.3 is 0 Å². The van der Waals surface area contributed by atoms with Crippen molar-refractivity contribution in [1.29, 1.82) is 0 Å². The molecule has 0 radical (unpaired) electrons.